The highest BCUT2D eigenvalue weighted by Crippen LogP contribution is 2.30. The van der Waals surface area contributed by atoms with Crippen LogP contribution in [-0.2, 0) is 16.4 Å². The predicted molar refractivity (Wildman–Crippen MR) is 123 cm³/mol. The van der Waals surface area contributed by atoms with E-state index in [-0.39, 0.29) is 16.1 Å². The maximum absolute atomic E-state index is 13.1. The van der Waals surface area contributed by atoms with Crippen molar-refractivity contribution in [2.75, 3.05) is 23.2 Å². The van der Waals surface area contributed by atoms with Gasteiger partial charge in [0, 0.05) is 19.2 Å². The van der Waals surface area contributed by atoms with Crippen LogP contribution in [-0.4, -0.2) is 38.2 Å². The summed E-state index contributed by atoms with van der Waals surface area (Å²) in [7, 11) is -2.10. The van der Waals surface area contributed by atoms with E-state index in [0.29, 0.717) is 24.2 Å². The first-order chi connectivity index (χ1) is 15.0. The number of aromatic carboxylic acids is 1. The third-order valence-electron chi connectivity index (χ3n) is 5.40. The lowest BCUT2D eigenvalue weighted by atomic mass is 10.1. The summed E-state index contributed by atoms with van der Waals surface area (Å²) in [6.45, 7) is 7.89. The topological polar surface area (TPSA) is 113 Å². The smallest absolute Gasteiger partial charge is 0.335 e. The predicted octanol–water partition coefficient (Wildman–Crippen LogP) is 4.09. The Morgan fingerprint density at radius 2 is 1.84 bits per heavy atom. The minimum atomic E-state index is -3.93. The van der Waals surface area contributed by atoms with E-state index in [2.05, 4.69) is 9.88 Å². The Labute approximate surface area is 187 Å². The Morgan fingerprint density at radius 3 is 2.44 bits per heavy atom. The van der Waals surface area contributed by atoms with Crippen molar-refractivity contribution in [3.05, 3.63) is 70.1 Å². The fraction of sp³-hybridized carbons (Fsp3) is 0.304. The van der Waals surface area contributed by atoms with Gasteiger partial charge in [-0.25, -0.2) is 13.2 Å². The van der Waals surface area contributed by atoms with Crippen molar-refractivity contribution < 1.29 is 22.8 Å². The van der Waals surface area contributed by atoms with Crippen molar-refractivity contribution in [1.82, 2.24) is 5.16 Å². The number of sulfonamides is 1. The van der Waals surface area contributed by atoms with Crippen molar-refractivity contribution in [2.45, 2.75) is 39.0 Å². The molecule has 2 N–H and O–H groups in total. The first kappa shape index (κ1) is 23.3. The first-order valence-electron chi connectivity index (χ1n) is 10.1. The van der Waals surface area contributed by atoms with Crippen LogP contribution >= 0.6 is 0 Å². The minimum Gasteiger partial charge on any atom is -0.478 e. The second kappa shape index (κ2) is 9.04. The number of carbonyl (C=O) groups is 1. The molecular formula is C23H27N3O5S. The maximum Gasteiger partial charge on any atom is 0.335 e. The summed E-state index contributed by atoms with van der Waals surface area (Å²) in [5, 5.41) is 13.4. The highest BCUT2D eigenvalue weighted by atomic mass is 32.2. The van der Waals surface area contributed by atoms with E-state index in [1.807, 2.05) is 32.7 Å². The van der Waals surface area contributed by atoms with E-state index in [0.717, 1.165) is 22.6 Å². The number of hydrogen-bond acceptors (Lipinski definition) is 6. The van der Waals surface area contributed by atoms with Crippen LogP contribution in [0.5, 0.6) is 0 Å². The number of hydrogen-bond donors (Lipinski definition) is 2. The zero-order valence-electron chi connectivity index (χ0n) is 18.8. The van der Waals surface area contributed by atoms with Gasteiger partial charge in [0.1, 0.15) is 5.76 Å². The zero-order valence-corrected chi connectivity index (χ0v) is 19.6. The van der Waals surface area contributed by atoms with Gasteiger partial charge in [0.25, 0.3) is 10.0 Å². The molecule has 9 heteroatoms. The fourth-order valence-electron chi connectivity index (χ4n) is 3.64. The summed E-state index contributed by atoms with van der Waals surface area (Å²) in [5.41, 5.74) is 4.13. The number of aromatic nitrogens is 1. The molecule has 0 aliphatic heterocycles. The van der Waals surface area contributed by atoms with Gasteiger partial charge in [0.15, 0.2) is 0 Å². The van der Waals surface area contributed by atoms with E-state index in [1.165, 1.54) is 12.1 Å². The Hall–Kier alpha value is -3.33. The second-order valence-electron chi connectivity index (χ2n) is 7.89. The first-order valence-corrected chi connectivity index (χ1v) is 11.6. The number of benzene rings is 2. The lowest BCUT2D eigenvalue weighted by Gasteiger charge is -2.23. The monoisotopic (exact) mass is 457 g/mol. The molecule has 8 nitrogen and oxygen atoms in total. The standard InChI is InChI=1S/C23H27N3O5S/c1-14-6-9-22(15(2)12-14)32(29,30)25-20-13-18(23(27)28)7-8-21(20)26(5)11-10-19-16(3)24-31-17(19)4/h6-9,12-13,25H,10-11H2,1-5H3,(H,27,28). The third-order valence-corrected chi connectivity index (χ3v) is 6.92. The van der Waals surface area contributed by atoms with Gasteiger partial charge in [-0.1, -0.05) is 22.9 Å². The van der Waals surface area contributed by atoms with Crippen molar-refractivity contribution in [1.29, 1.82) is 0 Å². The molecular weight excluding hydrogens is 430 g/mol. The number of carboxylic acids is 1. The van der Waals surface area contributed by atoms with Gasteiger partial charge in [-0.3, -0.25) is 4.72 Å². The van der Waals surface area contributed by atoms with Crippen molar-refractivity contribution in [3.8, 4) is 0 Å². The van der Waals surface area contributed by atoms with E-state index < -0.39 is 16.0 Å². The van der Waals surface area contributed by atoms with Crippen LogP contribution in [0.2, 0.25) is 0 Å². The molecule has 0 radical (unpaired) electrons. The molecule has 2 aromatic carbocycles. The zero-order chi connectivity index (χ0) is 23.6. The van der Waals surface area contributed by atoms with E-state index >= 15 is 0 Å². The molecule has 3 aromatic rings. The number of anilines is 2. The fourth-order valence-corrected chi connectivity index (χ4v) is 4.94. The third kappa shape index (κ3) is 4.94. The molecule has 0 saturated carbocycles. The van der Waals surface area contributed by atoms with Gasteiger partial charge in [-0.05, 0) is 63.9 Å². The Morgan fingerprint density at radius 1 is 1.12 bits per heavy atom. The highest BCUT2D eigenvalue weighted by Gasteiger charge is 2.21. The Kier molecular flexibility index (Phi) is 6.59. The molecule has 0 amide bonds. The van der Waals surface area contributed by atoms with Crippen LogP contribution in [0.15, 0.2) is 45.8 Å². The number of aryl methyl sites for hydroxylation is 4. The second-order valence-corrected chi connectivity index (χ2v) is 9.54. The van der Waals surface area contributed by atoms with Crippen LogP contribution in [0.4, 0.5) is 11.4 Å². The van der Waals surface area contributed by atoms with Gasteiger partial charge < -0.3 is 14.5 Å². The Bertz CT molecular complexity index is 1250. The summed E-state index contributed by atoms with van der Waals surface area (Å²) < 4.78 is 34.1. The normalized spacial score (nSPS) is 11.4. The molecule has 3 rings (SSSR count). The quantitative estimate of drug-likeness (QED) is 0.524. The van der Waals surface area contributed by atoms with Gasteiger partial charge in [0.2, 0.25) is 0 Å². The van der Waals surface area contributed by atoms with Crippen LogP contribution in [0.25, 0.3) is 0 Å². The molecule has 1 aromatic heterocycles. The van der Waals surface area contributed by atoms with Crippen LogP contribution in [0.3, 0.4) is 0 Å². The summed E-state index contributed by atoms with van der Waals surface area (Å²) >= 11 is 0. The van der Waals surface area contributed by atoms with E-state index in [1.54, 1.807) is 31.2 Å². The van der Waals surface area contributed by atoms with Crippen LogP contribution in [0.1, 0.15) is 38.5 Å². The molecule has 0 fully saturated rings. The number of rotatable bonds is 8. The van der Waals surface area contributed by atoms with Gasteiger partial charge >= 0.3 is 5.97 Å². The highest BCUT2D eigenvalue weighted by molar-refractivity contribution is 7.92. The van der Waals surface area contributed by atoms with E-state index in [4.69, 9.17) is 4.52 Å². The average Bonchev–Trinajstić information content (AvgIpc) is 3.03. The van der Waals surface area contributed by atoms with Gasteiger partial charge in [0.05, 0.1) is 27.5 Å². The summed E-state index contributed by atoms with van der Waals surface area (Å²) in [5.74, 6) is -0.394. The maximum atomic E-state index is 13.1. The SMILES string of the molecule is Cc1ccc(S(=O)(=O)Nc2cc(C(=O)O)ccc2N(C)CCc2c(C)noc2C)c(C)c1. The number of nitrogens with one attached hydrogen (secondary N) is 1. The number of carboxylic acid groups (broad SMARTS) is 1. The Balaban J connectivity index is 1.94. The van der Waals surface area contributed by atoms with Crippen LogP contribution in [0, 0.1) is 27.7 Å². The van der Waals surface area contributed by atoms with E-state index in [9.17, 15) is 18.3 Å². The molecule has 0 unspecified atom stereocenters. The van der Waals surface area contributed by atoms with Crippen molar-refractivity contribution in [2.24, 2.45) is 0 Å². The van der Waals surface area contributed by atoms with Gasteiger partial charge in [-0.15, -0.1) is 0 Å². The minimum absolute atomic E-state index is 0.00815. The summed E-state index contributed by atoms with van der Waals surface area (Å²) in [6.07, 6.45) is 0.640. The molecule has 32 heavy (non-hydrogen) atoms. The van der Waals surface area contributed by atoms with Crippen LogP contribution < -0.4 is 9.62 Å². The molecule has 1 heterocycles. The largest absolute Gasteiger partial charge is 0.478 e. The van der Waals surface area contributed by atoms with Gasteiger partial charge in [-0.2, -0.15) is 0 Å². The molecule has 0 aliphatic carbocycles. The van der Waals surface area contributed by atoms with Crippen molar-refractivity contribution >= 4 is 27.4 Å². The molecule has 0 atom stereocenters. The molecule has 0 aliphatic rings. The summed E-state index contributed by atoms with van der Waals surface area (Å²) in [6, 6.07) is 9.47. The molecule has 170 valence electrons. The molecule has 0 saturated heterocycles. The molecule has 0 spiro atoms. The summed E-state index contributed by atoms with van der Waals surface area (Å²) in [4.78, 5) is 13.5. The molecule has 0 bridgehead atoms. The lowest BCUT2D eigenvalue weighted by molar-refractivity contribution is 0.0697. The number of nitrogens with zero attached hydrogens (tertiary/aromatic N) is 2. The number of likely N-dealkylation sites (N-methyl/N-ethyl adjacent to an activating group) is 1. The van der Waals surface area contributed by atoms with Crippen molar-refractivity contribution in [3.63, 3.8) is 0 Å². The lowest BCUT2D eigenvalue weighted by Crippen LogP contribution is -2.24. The average molecular weight is 458 g/mol.